The Balaban J connectivity index is -0.000000857. The molecule has 4 atom stereocenters. The highest BCUT2D eigenvalue weighted by molar-refractivity contribution is 5.86. The third kappa shape index (κ3) is 34.5. The van der Waals surface area contributed by atoms with Crippen molar-refractivity contribution in [1.29, 1.82) is 0 Å². The third-order valence-corrected chi connectivity index (χ3v) is 15.6. The summed E-state index contributed by atoms with van der Waals surface area (Å²) in [6.45, 7) is 29.3. The Hall–Kier alpha value is -1.24. The summed E-state index contributed by atoms with van der Waals surface area (Å²) in [6, 6.07) is 3.86. The molecule has 9 N–H and O–H groups in total. The largest absolute Gasteiger partial charge is 0.444 e. The van der Waals surface area contributed by atoms with Gasteiger partial charge in [-0.3, -0.25) is 19.5 Å². The number of aliphatic hydroxyl groups is 2. The number of hydrogen-bond acceptors (Lipinski definition) is 13. The van der Waals surface area contributed by atoms with Crippen LogP contribution in [0.25, 0.3) is 0 Å². The van der Waals surface area contributed by atoms with Crippen LogP contribution in [-0.2, 0) is 14.3 Å². The molecule has 0 aromatic rings. The Bertz CT molecular complexity index is 1390. The molecule has 0 radical (unpaired) electrons. The predicted octanol–water partition coefficient (Wildman–Crippen LogP) is 10.1. The van der Waals surface area contributed by atoms with E-state index < -0.39 is 11.2 Å². The van der Waals surface area contributed by atoms with Crippen molar-refractivity contribution in [3.05, 3.63) is 0 Å². The van der Waals surface area contributed by atoms with Crippen LogP contribution in [0.2, 0.25) is 0 Å². The smallest absolute Gasteiger partial charge is 0.407 e. The van der Waals surface area contributed by atoms with Crippen molar-refractivity contribution < 1.29 is 34.1 Å². The van der Waals surface area contributed by atoms with Crippen LogP contribution in [0.4, 0.5) is 9.59 Å². The van der Waals surface area contributed by atoms with Crippen LogP contribution in [0.3, 0.4) is 0 Å². The molecule has 15 nitrogen and oxygen atoms in total. The molecular weight excluding hydrogens is 1020 g/mol. The average molecular weight is 1130 g/mol. The van der Waals surface area contributed by atoms with Gasteiger partial charge in [0.1, 0.15) is 17.0 Å². The molecule has 4 aliphatic carbocycles. The van der Waals surface area contributed by atoms with Crippen molar-refractivity contribution in [3.63, 3.8) is 0 Å². The first-order chi connectivity index (χ1) is 33.6. The second-order valence-corrected chi connectivity index (χ2v) is 24.5. The summed E-state index contributed by atoms with van der Waals surface area (Å²) in [5.41, 5.74) is 11.0. The molecule has 4 saturated heterocycles. The topological polar surface area (TPSA) is 208 Å². The summed E-state index contributed by atoms with van der Waals surface area (Å²) in [7, 11) is 2.00. The maximum atomic E-state index is 11.8. The van der Waals surface area contributed by atoms with Gasteiger partial charge in [-0.25, -0.2) is 9.59 Å². The van der Waals surface area contributed by atoms with E-state index >= 15 is 0 Å². The Morgan fingerprint density at radius 2 is 0.827 bits per heavy atom. The van der Waals surface area contributed by atoms with Gasteiger partial charge < -0.3 is 47.1 Å². The van der Waals surface area contributed by atoms with E-state index in [2.05, 4.69) is 58.3 Å². The summed E-state index contributed by atoms with van der Waals surface area (Å²) in [5.74, 6) is 4.08. The molecule has 4 aliphatic heterocycles. The predicted molar refractivity (Wildman–Crippen MR) is 320 cm³/mol. The lowest BCUT2D eigenvalue weighted by atomic mass is 9.87. The minimum Gasteiger partial charge on any atom is -0.444 e. The van der Waals surface area contributed by atoms with Crippen LogP contribution in [0.15, 0.2) is 0 Å². The molecule has 8 aliphatic rings. The summed E-state index contributed by atoms with van der Waals surface area (Å²) in [4.78, 5) is 41.5. The van der Waals surface area contributed by atoms with E-state index in [4.69, 9.17) is 31.2 Å². The lowest BCUT2D eigenvalue weighted by Gasteiger charge is -2.33. The van der Waals surface area contributed by atoms with Gasteiger partial charge >= 0.3 is 12.2 Å². The molecule has 4 saturated carbocycles. The van der Waals surface area contributed by atoms with E-state index in [0.29, 0.717) is 17.9 Å². The van der Waals surface area contributed by atoms with Gasteiger partial charge in [-0.2, -0.15) is 0 Å². The average Bonchev–Trinajstić information content (AvgIpc) is 4.17. The number of nitrogens with two attached hydrogens (primary N) is 2. The summed E-state index contributed by atoms with van der Waals surface area (Å²) in [5, 5.41) is 23.0. The number of nitrogens with zero attached hydrogens (tertiary/aromatic N) is 3. The first-order valence-electron chi connectivity index (χ1n) is 28.4. The zero-order valence-corrected chi connectivity index (χ0v) is 51.3. The van der Waals surface area contributed by atoms with Gasteiger partial charge in [-0.05, 0) is 187 Å². The number of amides is 2. The number of carbonyl (C=O) groups is 3. The lowest BCUT2D eigenvalue weighted by molar-refractivity contribution is -0.120. The number of ketones is 1. The zero-order chi connectivity index (χ0) is 53.1. The molecule has 4 heterocycles. The lowest BCUT2D eigenvalue weighted by Crippen LogP contribution is -2.42. The third-order valence-electron chi connectivity index (χ3n) is 15.6. The molecule has 0 aromatic carbocycles. The Morgan fingerprint density at radius 3 is 1.12 bits per heavy atom. The molecule has 450 valence electrons. The van der Waals surface area contributed by atoms with Gasteiger partial charge in [-0.15, -0.1) is 37.2 Å². The van der Waals surface area contributed by atoms with Crippen LogP contribution < -0.4 is 27.4 Å². The molecule has 18 heteroatoms. The van der Waals surface area contributed by atoms with Crippen molar-refractivity contribution in [3.8, 4) is 0 Å². The maximum Gasteiger partial charge on any atom is 0.407 e. The molecule has 0 bridgehead atoms. The molecule has 0 aromatic heterocycles. The van der Waals surface area contributed by atoms with Crippen molar-refractivity contribution in [1.82, 2.24) is 30.7 Å². The highest BCUT2D eigenvalue weighted by Crippen LogP contribution is 2.31. The fraction of sp³-hybridized carbons (Fsp3) is 0.947. The summed E-state index contributed by atoms with van der Waals surface area (Å²) in [6.07, 6.45) is 24.5. The number of rotatable bonds is 5. The number of nitrogens with one attached hydrogen (secondary N) is 3. The monoisotopic (exact) mass is 1130 g/mol. The molecule has 8 rings (SSSR count). The number of halogens is 3. The van der Waals surface area contributed by atoms with Gasteiger partial charge in [0.15, 0.2) is 0 Å². The second kappa shape index (κ2) is 41.7. The highest BCUT2D eigenvalue weighted by atomic mass is 35.5. The van der Waals surface area contributed by atoms with E-state index in [9.17, 15) is 14.4 Å². The SMILES string of the molecule is C.CC(C)(C)OC(=O)N[C@H]1CCNC1.CC1CCC(=O)CC1.CC1CCC(N2CC[C@H](N)C2)CC1.CC1CCC(N2CC[C@H](N)C2)CC1.CC1CCC(N2CC[C@H](NC(=O)OC(C)(C)C)C2)CC1.CO.CO.Cl.Cl.Cl. The Kier molecular flexibility index (Phi) is 43.4. The number of alkyl carbamates (subject to hydrolysis) is 2. The fourth-order valence-electron chi connectivity index (χ4n) is 11.2. The number of ether oxygens (including phenoxy) is 2. The van der Waals surface area contributed by atoms with Crippen molar-refractivity contribution >= 4 is 55.2 Å². The van der Waals surface area contributed by atoms with Crippen LogP contribution in [-0.4, -0.2) is 163 Å². The fourth-order valence-corrected chi connectivity index (χ4v) is 11.2. The molecule has 75 heavy (non-hydrogen) atoms. The summed E-state index contributed by atoms with van der Waals surface area (Å²) >= 11 is 0. The minimum absolute atomic E-state index is 0. The normalized spacial score (nSPS) is 29.9. The van der Waals surface area contributed by atoms with Crippen LogP contribution in [0.1, 0.15) is 205 Å². The molecule has 0 unspecified atom stereocenters. The van der Waals surface area contributed by atoms with Crippen molar-refractivity contribution in [2.24, 2.45) is 35.1 Å². The number of aliphatic hydroxyl groups excluding tert-OH is 2. The Labute approximate surface area is 478 Å². The first-order valence-corrected chi connectivity index (χ1v) is 28.4. The number of likely N-dealkylation sites (tertiary alicyclic amines) is 3. The molecular formula is C57H119Cl3N8O7. The Morgan fingerprint density at radius 1 is 0.507 bits per heavy atom. The van der Waals surface area contributed by atoms with Gasteiger partial charge in [0.25, 0.3) is 0 Å². The number of Topliss-reactive ketones (excluding diaryl/α,β-unsaturated/α-hetero) is 1. The van der Waals surface area contributed by atoms with Gasteiger partial charge in [-0.1, -0.05) is 35.1 Å². The van der Waals surface area contributed by atoms with Crippen molar-refractivity contribution in [2.45, 2.75) is 259 Å². The maximum absolute atomic E-state index is 11.8. The highest BCUT2D eigenvalue weighted by Gasteiger charge is 2.33. The first kappa shape index (κ1) is 78.0. The van der Waals surface area contributed by atoms with Crippen LogP contribution in [0, 0.1) is 23.7 Å². The van der Waals surface area contributed by atoms with E-state index in [1.165, 1.54) is 103 Å². The molecule has 8 fully saturated rings. The zero-order valence-electron chi connectivity index (χ0n) is 48.8. The van der Waals surface area contributed by atoms with Crippen LogP contribution in [0.5, 0.6) is 0 Å². The summed E-state index contributed by atoms with van der Waals surface area (Å²) < 4.78 is 10.4. The number of carbonyl (C=O) groups excluding carboxylic acids is 3. The van der Waals surface area contributed by atoms with Gasteiger partial charge in [0.2, 0.25) is 0 Å². The van der Waals surface area contributed by atoms with Crippen molar-refractivity contribution in [2.75, 3.05) is 66.6 Å². The van der Waals surface area contributed by atoms with Crippen LogP contribution >= 0.6 is 37.2 Å². The quantitative estimate of drug-likeness (QED) is 0.137. The van der Waals surface area contributed by atoms with Gasteiger partial charge in [0, 0.05) is 115 Å². The standard InChI is InChI=1S/C16H30N2O2.2C11H22N2.C9H18N2O2.C7H12O.2CH4O.CH4.3ClH/c1-12-5-7-14(8-6-12)18-10-9-13(11-18)17-15(19)20-16(2,3)4;2*1-9-2-4-11(5-3-9)13-7-6-10(12)8-13;1-9(2,3)13-8(12)11-7-4-5-10-6-7;1-6-2-4-7(8)5-3-6;2*1-2;;;;/h12-14H,5-11H2,1-4H3,(H,17,19);2*9-11H,2-8,12H2,1H3;7,10H,4-6H2,1-3H3,(H,11,12);6H,2-5H2,1H3;2*2H,1H3;1H4;3*1H/t12?,13-,14?;2*9?,10-,11?;7-;;;;;;;/m0000......./s1. The minimum atomic E-state index is -0.415. The molecule has 2 amide bonds. The van der Waals surface area contributed by atoms with E-state index in [1.54, 1.807) is 0 Å². The molecule has 0 spiro atoms. The van der Waals surface area contributed by atoms with E-state index in [-0.39, 0.29) is 68.9 Å². The number of hydrogen-bond donors (Lipinski definition) is 7. The van der Waals surface area contributed by atoms with E-state index in [1.807, 2.05) is 41.5 Å². The van der Waals surface area contributed by atoms with Gasteiger partial charge in [0.05, 0.1) is 0 Å². The second-order valence-electron chi connectivity index (χ2n) is 24.5. The van der Waals surface area contributed by atoms with E-state index in [0.717, 1.165) is 134 Å².